The fraction of sp³-hybridized carbons (Fsp3) is 0.400. The maximum atomic E-state index is 11.3. The Labute approximate surface area is 101 Å². The van der Waals surface area contributed by atoms with E-state index in [0.29, 0.717) is 24.4 Å². The minimum atomic E-state index is -0.311. The second kappa shape index (κ2) is 4.13. The minimum Gasteiger partial charge on any atom is -0.365 e. The van der Waals surface area contributed by atoms with Crippen molar-refractivity contribution in [1.82, 2.24) is 24.9 Å². The van der Waals surface area contributed by atoms with E-state index in [-0.39, 0.29) is 17.6 Å². The molecule has 1 saturated heterocycles. The largest absolute Gasteiger partial charge is 0.365 e. The number of hydrogen-bond acceptors (Lipinski definition) is 5. The van der Waals surface area contributed by atoms with Crippen molar-refractivity contribution in [2.24, 2.45) is 0 Å². The fourth-order valence-electron chi connectivity index (χ4n) is 1.95. The van der Waals surface area contributed by atoms with Gasteiger partial charge in [-0.15, -0.1) is 0 Å². The number of amides is 1. The number of rotatable bonds is 2. The molecule has 1 aliphatic heterocycles. The van der Waals surface area contributed by atoms with Crippen LogP contribution >= 0.6 is 0 Å². The molecule has 94 valence electrons. The number of H-pyrrole nitrogens is 1. The molecule has 18 heavy (non-hydrogen) atoms. The van der Waals surface area contributed by atoms with E-state index in [2.05, 4.69) is 25.8 Å². The molecule has 3 N–H and O–H groups in total. The van der Waals surface area contributed by atoms with Gasteiger partial charge < -0.3 is 10.6 Å². The highest BCUT2D eigenvalue weighted by atomic mass is 16.2. The van der Waals surface area contributed by atoms with E-state index in [4.69, 9.17) is 0 Å². The number of carbonyl (C=O) groups excluding carboxylic acids is 1. The molecule has 0 radical (unpaired) electrons. The van der Waals surface area contributed by atoms with Crippen molar-refractivity contribution >= 4 is 17.4 Å². The molecule has 0 aliphatic carbocycles. The summed E-state index contributed by atoms with van der Waals surface area (Å²) in [6.45, 7) is 0.582. The Morgan fingerprint density at radius 3 is 3.11 bits per heavy atom. The zero-order valence-corrected chi connectivity index (χ0v) is 9.51. The molecule has 2 aromatic heterocycles. The van der Waals surface area contributed by atoms with Crippen molar-refractivity contribution in [3.63, 3.8) is 0 Å². The van der Waals surface area contributed by atoms with Crippen molar-refractivity contribution in [2.45, 2.75) is 18.9 Å². The first kappa shape index (κ1) is 10.8. The molecule has 1 amide bonds. The first-order valence-electron chi connectivity index (χ1n) is 5.68. The molecule has 1 unspecified atom stereocenters. The summed E-state index contributed by atoms with van der Waals surface area (Å²) in [5.74, 6) is 0.720. The summed E-state index contributed by atoms with van der Waals surface area (Å²) in [6.07, 6.45) is 2.71. The summed E-state index contributed by atoms with van der Waals surface area (Å²) in [5, 5.41) is 12.2. The lowest BCUT2D eigenvalue weighted by atomic mass is 10.1. The number of nitrogens with zero attached hydrogens (tertiary/aromatic N) is 3. The average Bonchev–Trinajstić information content (AvgIpc) is 2.74. The van der Waals surface area contributed by atoms with Gasteiger partial charge in [-0.1, -0.05) is 0 Å². The predicted molar refractivity (Wildman–Crippen MR) is 63.3 cm³/mol. The Kier molecular flexibility index (Phi) is 2.47. The van der Waals surface area contributed by atoms with E-state index in [0.717, 1.165) is 6.42 Å². The zero-order valence-electron chi connectivity index (χ0n) is 9.51. The average molecular weight is 248 g/mol. The summed E-state index contributed by atoms with van der Waals surface area (Å²) < 4.78 is 1.33. The number of carbonyl (C=O) groups is 1. The molecule has 3 heterocycles. The molecule has 8 heteroatoms. The smallest absolute Gasteiger partial charge is 0.348 e. The molecule has 8 nitrogen and oxygen atoms in total. The van der Waals surface area contributed by atoms with Crippen LogP contribution < -0.4 is 16.3 Å². The lowest BCUT2D eigenvalue weighted by Crippen LogP contribution is -2.42. The summed E-state index contributed by atoms with van der Waals surface area (Å²) in [7, 11) is 0. The predicted octanol–water partition coefficient (Wildman–Crippen LogP) is -0.892. The highest BCUT2D eigenvalue weighted by molar-refractivity contribution is 5.77. The van der Waals surface area contributed by atoms with Crippen LogP contribution in [0.15, 0.2) is 17.2 Å². The summed E-state index contributed by atoms with van der Waals surface area (Å²) in [6, 6.07) is 1.84. The topological polar surface area (TPSA) is 104 Å². The highest BCUT2D eigenvalue weighted by Gasteiger charge is 2.18. The van der Waals surface area contributed by atoms with E-state index >= 15 is 0 Å². The third kappa shape index (κ3) is 1.92. The molecule has 2 aromatic rings. The van der Waals surface area contributed by atoms with Gasteiger partial charge in [-0.3, -0.25) is 4.79 Å². The third-order valence-electron chi connectivity index (χ3n) is 2.93. The van der Waals surface area contributed by atoms with Gasteiger partial charge in [0, 0.05) is 25.1 Å². The maximum Gasteiger partial charge on any atom is 0.348 e. The van der Waals surface area contributed by atoms with Crippen molar-refractivity contribution in [1.29, 1.82) is 0 Å². The fourth-order valence-corrected chi connectivity index (χ4v) is 1.95. The van der Waals surface area contributed by atoms with E-state index in [1.54, 1.807) is 6.07 Å². The monoisotopic (exact) mass is 248 g/mol. The normalized spacial score (nSPS) is 19.8. The zero-order chi connectivity index (χ0) is 12.5. The SMILES string of the molecule is O=C1CCC(Nc2cc3n[nH]c(=O)n3cn2)CN1. The van der Waals surface area contributed by atoms with Gasteiger partial charge in [0.15, 0.2) is 5.65 Å². The Morgan fingerprint density at radius 1 is 1.44 bits per heavy atom. The van der Waals surface area contributed by atoms with Crippen LogP contribution in [0.2, 0.25) is 0 Å². The summed E-state index contributed by atoms with van der Waals surface area (Å²) in [5.41, 5.74) is 0.200. The second-order valence-electron chi connectivity index (χ2n) is 4.22. The number of piperidine rings is 1. The van der Waals surface area contributed by atoms with Gasteiger partial charge in [-0.25, -0.2) is 19.3 Å². The highest BCUT2D eigenvalue weighted by Crippen LogP contribution is 2.11. The van der Waals surface area contributed by atoms with E-state index in [1.165, 1.54) is 10.7 Å². The number of hydrogen-bond donors (Lipinski definition) is 3. The van der Waals surface area contributed by atoms with Gasteiger partial charge >= 0.3 is 5.69 Å². The Hall–Kier alpha value is -2.38. The van der Waals surface area contributed by atoms with Gasteiger partial charge in [0.05, 0.1) is 0 Å². The number of nitrogens with one attached hydrogen (secondary N) is 3. The Morgan fingerprint density at radius 2 is 2.33 bits per heavy atom. The number of anilines is 1. The van der Waals surface area contributed by atoms with Crippen LogP contribution in [-0.4, -0.2) is 38.1 Å². The number of fused-ring (bicyclic) bond motifs is 1. The molecular weight excluding hydrogens is 236 g/mol. The van der Waals surface area contributed by atoms with Crippen LogP contribution in [0, 0.1) is 0 Å². The standard InChI is InChI=1S/C10H12N6O2/c17-9-2-1-6(4-11-9)13-7-3-8-14-15-10(18)16(8)5-12-7/h3,5-6,13H,1-2,4H2,(H,11,17)(H,15,18). The van der Waals surface area contributed by atoms with Crippen molar-refractivity contribution in [3.8, 4) is 0 Å². The van der Waals surface area contributed by atoms with Gasteiger partial charge in [-0.05, 0) is 6.42 Å². The molecule has 1 aliphatic rings. The van der Waals surface area contributed by atoms with E-state index in [1.807, 2.05) is 0 Å². The van der Waals surface area contributed by atoms with E-state index in [9.17, 15) is 9.59 Å². The molecule has 0 aromatic carbocycles. The Balaban J connectivity index is 1.78. The second-order valence-corrected chi connectivity index (χ2v) is 4.22. The molecule has 1 fully saturated rings. The van der Waals surface area contributed by atoms with Gasteiger partial charge in [0.1, 0.15) is 12.1 Å². The molecule has 0 saturated carbocycles. The lowest BCUT2D eigenvalue weighted by Gasteiger charge is -2.23. The quantitative estimate of drug-likeness (QED) is 0.639. The lowest BCUT2D eigenvalue weighted by molar-refractivity contribution is -0.122. The van der Waals surface area contributed by atoms with Crippen LogP contribution in [0.1, 0.15) is 12.8 Å². The van der Waals surface area contributed by atoms with Crippen LogP contribution in [0.4, 0.5) is 5.82 Å². The maximum absolute atomic E-state index is 11.3. The third-order valence-corrected chi connectivity index (χ3v) is 2.93. The van der Waals surface area contributed by atoms with Crippen molar-refractivity contribution in [3.05, 3.63) is 22.9 Å². The molecule has 0 bridgehead atoms. The van der Waals surface area contributed by atoms with Crippen molar-refractivity contribution < 1.29 is 4.79 Å². The van der Waals surface area contributed by atoms with Gasteiger partial charge in [0.2, 0.25) is 5.91 Å². The van der Waals surface area contributed by atoms with Crippen LogP contribution in [0.3, 0.4) is 0 Å². The molecule has 3 rings (SSSR count). The van der Waals surface area contributed by atoms with E-state index < -0.39 is 0 Å². The first-order chi connectivity index (χ1) is 8.72. The van der Waals surface area contributed by atoms with Gasteiger partial charge in [-0.2, -0.15) is 5.10 Å². The van der Waals surface area contributed by atoms with Gasteiger partial charge in [0.25, 0.3) is 0 Å². The van der Waals surface area contributed by atoms with Crippen LogP contribution in [-0.2, 0) is 4.79 Å². The molecule has 1 atom stereocenters. The summed E-state index contributed by atoms with van der Waals surface area (Å²) >= 11 is 0. The first-order valence-corrected chi connectivity index (χ1v) is 5.68. The minimum absolute atomic E-state index is 0.0790. The number of aromatic amines is 1. The molecule has 0 spiro atoms. The number of aromatic nitrogens is 4. The van der Waals surface area contributed by atoms with Crippen LogP contribution in [0.5, 0.6) is 0 Å². The molecular formula is C10H12N6O2. The van der Waals surface area contributed by atoms with Crippen LogP contribution in [0.25, 0.3) is 5.65 Å². The summed E-state index contributed by atoms with van der Waals surface area (Å²) in [4.78, 5) is 26.4. The Bertz CT molecular complexity index is 635. The van der Waals surface area contributed by atoms with Crippen molar-refractivity contribution in [2.75, 3.05) is 11.9 Å².